The lowest BCUT2D eigenvalue weighted by molar-refractivity contribution is -0.112. The lowest BCUT2D eigenvalue weighted by atomic mass is 9.98. The molecule has 0 aliphatic heterocycles. The third-order valence-corrected chi connectivity index (χ3v) is 3.74. The Hall–Kier alpha value is -2.28. The molecular formula is C19H27N3O. The van der Waals surface area contributed by atoms with Gasteiger partial charge in [0.05, 0.1) is 0 Å². The van der Waals surface area contributed by atoms with Crippen LogP contribution in [0.4, 0.5) is 5.69 Å². The van der Waals surface area contributed by atoms with Gasteiger partial charge in [0.1, 0.15) is 11.6 Å². The number of benzene rings is 1. The molecule has 1 aromatic carbocycles. The Morgan fingerprint density at radius 2 is 2.13 bits per heavy atom. The fourth-order valence-electron chi connectivity index (χ4n) is 2.35. The predicted molar refractivity (Wildman–Crippen MR) is 95.1 cm³/mol. The number of nitriles is 1. The molecule has 1 rings (SSSR count). The predicted octanol–water partition coefficient (Wildman–Crippen LogP) is 4.20. The lowest BCUT2D eigenvalue weighted by Crippen LogP contribution is -2.20. The highest BCUT2D eigenvalue weighted by atomic mass is 16.1. The molecule has 4 nitrogen and oxygen atoms in total. The standard InChI is InChI=1S/C19H27N3O/c1-6-7-11-22(5)13-16(12-20)19(23)21-18-15(4)9-8-10-17(18)14(2)3/h8-10,13-14H,6-7,11H2,1-5H3,(H,21,23)/b16-13-. The molecule has 1 aromatic rings. The van der Waals surface area contributed by atoms with E-state index >= 15 is 0 Å². The van der Waals surface area contributed by atoms with Crippen LogP contribution in [0.1, 0.15) is 50.7 Å². The summed E-state index contributed by atoms with van der Waals surface area (Å²) in [6.07, 6.45) is 3.73. The molecule has 0 aliphatic carbocycles. The number of unbranched alkanes of at least 4 members (excludes halogenated alkanes) is 1. The Morgan fingerprint density at radius 1 is 1.43 bits per heavy atom. The van der Waals surface area contributed by atoms with E-state index in [0.717, 1.165) is 36.2 Å². The number of anilines is 1. The highest BCUT2D eigenvalue weighted by molar-refractivity contribution is 6.07. The number of amides is 1. The second kappa shape index (κ2) is 8.99. The van der Waals surface area contributed by atoms with Gasteiger partial charge in [-0.1, -0.05) is 45.4 Å². The molecule has 0 unspecified atom stereocenters. The summed E-state index contributed by atoms with van der Waals surface area (Å²) in [6.45, 7) is 9.08. The molecule has 23 heavy (non-hydrogen) atoms. The zero-order chi connectivity index (χ0) is 17.4. The van der Waals surface area contributed by atoms with Crippen LogP contribution < -0.4 is 5.32 Å². The van der Waals surface area contributed by atoms with E-state index in [1.165, 1.54) is 0 Å². The summed E-state index contributed by atoms with van der Waals surface area (Å²) in [7, 11) is 1.88. The van der Waals surface area contributed by atoms with Crippen LogP contribution >= 0.6 is 0 Å². The summed E-state index contributed by atoms with van der Waals surface area (Å²) in [5.41, 5.74) is 3.02. The minimum absolute atomic E-state index is 0.126. The quantitative estimate of drug-likeness (QED) is 0.606. The Kier molecular flexibility index (Phi) is 7.34. The van der Waals surface area contributed by atoms with Crippen molar-refractivity contribution in [2.45, 2.75) is 46.5 Å². The molecule has 0 spiro atoms. The number of carbonyl (C=O) groups is 1. The molecule has 0 atom stereocenters. The van der Waals surface area contributed by atoms with E-state index in [9.17, 15) is 10.1 Å². The number of hydrogen-bond donors (Lipinski definition) is 1. The highest BCUT2D eigenvalue weighted by Gasteiger charge is 2.15. The molecule has 0 radical (unpaired) electrons. The van der Waals surface area contributed by atoms with Crippen molar-refractivity contribution in [2.75, 3.05) is 18.9 Å². The Morgan fingerprint density at radius 3 is 2.70 bits per heavy atom. The molecule has 0 fully saturated rings. The van der Waals surface area contributed by atoms with Gasteiger partial charge >= 0.3 is 0 Å². The molecule has 0 saturated heterocycles. The zero-order valence-electron chi connectivity index (χ0n) is 14.8. The number of rotatable bonds is 7. The molecular weight excluding hydrogens is 286 g/mol. The number of aryl methyl sites for hydroxylation is 1. The van der Waals surface area contributed by atoms with Gasteiger partial charge in [0.25, 0.3) is 5.91 Å². The van der Waals surface area contributed by atoms with E-state index in [0.29, 0.717) is 5.92 Å². The molecule has 4 heteroatoms. The first kappa shape index (κ1) is 18.8. The third-order valence-electron chi connectivity index (χ3n) is 3.74. The van der Waals surface area contributed by atoms with Gasteiger partial charge in [0.15, 0.2) is 0 Å². The smallest absolute Gasteiger partial charge is 0.267 e. The summed E-state index contributed by atoms with van der Waals surface area (Å²) >= 11 is 0. The number of nitrogens with zero attached hydrogens (tertiary/aromatic N) is 2. The molecule has 0 bridgehead atoms. The molecule has 1 N–H and O–H groups in total. The maximum Gasteiger partial charge on any atom is 0.267 e. The first-order valence-corrected chi connectivity index (χ1v) is 8.13. The van der Waals surface area contributed by atoms with Crippen molar-refractivity contribution in [1.82, 2.24) is 4.90 Å². The number of nitrogens with one attached hydrogen (secondary N) is 1. The topological polar surface area (TPSA) is 56.1 Å². The summed E-state index contributed by atoms with van der Waals surface area (Å²) in [6, 6.07) is 7.96. The maximum atomic E-state index is 12.5. The minimum Gasteiger partial charge on any atom is -0.379 e. The van der Waals surface area contributed by atoms with Crippen molar-refractivity contribution in [1.29, 1.82) is 5.26 Å². The van der Waals surface area contributed by atoms with Crippen LogP contribution in [0.5, 0.6) is 0 Å². The van der Waals surface area contributed by atoms with Crippen LogP contribution in [-0.4, -0.2) is 24.4 Å². The Bertz CT molecular complexity index is 612. The first-order chi connectivity index (χ1) is 10.9. The van der Waals surface area contributed by atoms with Crippen LogP contribution in [0, 0.1) is 18.3 Å². The normalized spacial score (nSPS) is 11.3. The monoisotopic (exact) mass is 313 g/mol. The average molecular weight is 313 g/mol. The van der Waals surface area contributed by atoms with E-state index in [1.54, 1.807) is 6.20 Å². The summed E-state index contributed by atoms with van der Waals surface area (Å²) in [4.78, 5) is 14.3. The minimum atomic E-state index is -0.355. The van der Waals surface area contributed by atoms with Crippen molar-refractivity contribution in [3.05, 3.63) is 41.1 Å². The van der Waals surface area contributed by atoms with E-state index in [1.807, 2.05) is 43.1 Å². The van der Waals surface area contributed by atoms with Gasteiger partial charge in [-0.15, -0.1) is 0 Å². The fraction of sp³-hybridized carbons (Fsp3) is 0.474. The zero-order valence-corrected chi connectivity index (χ0v) is 14.8. The van der Waals surface area contributed by atoms with Gasteiger partial charge in [0, 0.05) is 25.5 Å². The van der Waals surface area contributed by atoms with Gasteiger partial charge in [0.2, 0.25) is 0 Å². The van der Waals surface area contributed by atoms with Crippen molar-refractivity contribution >= 4 is 11.6 Å². The Balaban J connectivity index is 2.98. The van der Waals surface area contributed by atoms with E-state index < -0.39 is 0 Å². The highest BCUT2D eigenvalue weighted by Crippen LogP contribution is 2.27. The summed E-state index contributed by atoms with van der Waals surface area (Å²) in [5, 5.41) is 12.2. The lowest BCUT2D eigenvalue weighted by Gasteiger charge is -2.17. The van der Waals surface area contributed by atoms with Crippen molar-refractivity contribution in [3.8, 4) is 6.07 Å². The second-order valence-electron chi connectivity index (χ2n) is 6.14. The van der Waals surface area contributed by atoms with Crippen molar-refractivity contribution in [3.63, 3.8) is 0 Å². The Labute approximate surface area is 139 Å². The number of hydrogen-bond acceptors (Lipinski definition) is 3. The summed E-state index contributed by atoms with van der Waals surface area (Å²) < 4.78 is 0. The maximum absolute atomic E-state index is 12.5. The van der Waals surface area contributed by atoms with Crippen molar-refractivity contribution < 1.29 is 4.79 Å². The van der Waals surface area contributed by atoms with Crippen LogP contribution in [-0.2, 0) is 4.79 Å². The molecule has 0 aliphatic rings. The SMILES string of the molecule is CCCCN(C)/C=C(/C#N)C(=O)Nc1c(C)cccc1C(C)C. The first-order valence-electron chi connectivity index (χ1n) is 8.13. The van der Waals surface area contributed by atoms with Crippen LogP contribution in [0.3, 0.4) is 0 Å². The van der Waals surface area contributed by atoms with Crippen LogP contribution in [0.2, 0.25) is 0 Å². The second-order valence-corrected chi connectivity index (χ2v) is 6.14. The van der Waals surface area contributed by atoms with Gasteiger partial charge in [-0.25, -0.2) is 0 Å². The average Bonchev–Trinajstić information content (AvgIpc) is 2.51. The van der Waals surface area contributed by atoms with Gasteiger partial charge in [-0.3, -0.25) is 4.79 Å². The molecule has 0 aromatic heterocycles. The molecule has 1 amide bonds. The molecule has 0 saturated carbocycles. The van der Waals surface area contributed by atoms with E-state index in [4.69, 9.17) is 0 Å². The van der Waals surface area contributed by atoms with Crippen LogP contribution in [0.15, 0.2) is 30.0 Å². The largest absolute Gasteiger partial charge is 0.379 e. The third kappa shape index (κ3) is 5.45. The van der Waals surface area contributed by atoms with E-state index in [2.05, 4.69) is 26.1 Å². The number of para-hydroxylation sites is 1. The fourth-order valence-corrected chi connectivity index (χ4v) is 2.35. The summed E-state index contributed by atoms with van der Waals surface area (Å²) in [5.74, 6) is -0.0565. The molecule has 0 heterocycles. The van der Waals surface area contributed by atoms with Gasteiger partial charge in [-0.05, 0) is 30.4 Å². The van der Waals surface area contributed by atoms with Gasteiger partial charge < -0.3 is 10.2 Å². The van der Waals surface area contributed by atoms with Gasteiger partial charge in [-0.2, -0.15) is 5.26 Å². The number of carbonyl (C=O) groups excluding carboxylic acids is 1. The van der Waals surface area contributed by atoms with Crippen molar-refractivity contribution in [2.24, 2.45) is 0 Å². The molecule has 124 valence electrons. The van der Waals surface area contributed by atoms with Crippen LogP contribution in [0.25, 0.3) is 0 Å². The van der Waals surface area contributed by atoms with E-state index in [-0.39, 0.29) is 11.5 Å².